The first-order valence-electron chi connectivity index (χ1n) is 5.49. The molecule has 19 heavy (non-hydrogen) atoms. The minimum absolute atomic E-state index is 0.203. The second-order valence-corrected chi connectivity index (χ2v) is 7.20. The lowest BCUT2D eigenvalue weighted by Crippen LogP contribution is -2.11. The van der Waals surface area contributed by atoms with Crippen LogP contribution in [0.4, 0.5) is 0 Å². The molecule has 3 nitrogen and oxygen atoms in total. The van der Waals surface area contributed by atoms with Gasteiger partial charge in [0.1, 0.15) is 0 Å². The van der Waals surface area contributed by atoms with Crippen LogP contribution in [0.15, 0.2) is 32.5 Å². The highest BCUT2D eigenvalue weighted by molar-refractivity contribution is 9.11. The van der Waals surface area contributed by atoms with E-state index in [1.54, 1.807) is 25.6 Å². The number of ether oxygens (including phenoxy) is 2. The van der Waals surface area contributed by atoms with Crippen molar-refractivity contribution >= 4 is 43.2 Å². The van der Waals surface area contributed by atoms with Gasteiger partial charge in [0.2, 0.25) is 0 Å². The first-order valence-corrected chi connectivity index (χ1v) is 7.89. The Bertz CT molecular complexity index is 586. The summed E-state index contributed by atoms with van der Waals surface area (Å²) in [5.41, 5.74) is 7.27. The fourth-order valence-electron chi connectivity index (χ4n) is 1.76. The van der Waals surface area contributed by atoms with Crippen LogP contribution in [0.1, 0.15) is 16.5 Å². The van der Waals surface area contributed by atoms with Gasteiger partial charge in [-0.25, -0.2) is 0 Å². The molecule has 1 atom stereocenters. The minimum atomic E-state index is -0.203. The van der Waals surface area contributed by atoms with E-state index in [1.165, 1.54) is 0 Å². The van der Waals surface area contributed by atoms with E-state index in [0.29, 0.717) is 11.5 Å². The van der Waals surface area contributed by atoms with Crippen LogP contribution in [0.3, 0.4) is 0 Å². The largest absolute Gasteiger partial charge is 0.493 e. The fourth-order valence-corrected chi connectivity index (χ4v) is 3.77. The molecule has 0 radical (unpaired) electrons. The van der Waals surface area contributed by atoms with Crippen LogP contribution >= 0.6 is 43.2 Å². The Balaban J connectivity index is 2.44. The number of halogens is 2. The van der Waals surface area contributed by atoms with E-state index in [4.69, 9.17) is 15.2 Å². The fraction of sp³-hybridized carbons (Fsp3) is 0.231. The molecule has 0 bridgehead atoms. The van der Waals surface area contributed by atoms with Crippen molar-refractivity contribution in [3.8, 4) is 11.5 Å². The average Bonchev–Trinajstić information content (AvgIpc) is 2.84. The van der Waals surface area contributed by atoms with Gasteiger partial charge >= 0.3 is 0 Å². The van der Waals surface area contributed by atoms with Gasteiger partial charge in [-0.3, -0.25) is 0 Å². The maximum Gasteiger partial charge on any atom is 0.161 e. The topological polar surface area (TPSA) is 44.5 Å². The van der Waals surface area contributed by atoms with Gasteiger partial charge in [0, 0.05) is 9.35 Å². The molecule has 1 heterocycles. The molecular weight excluding hydrogens is 394 g/mol. The van der Waals surface area contributed by atoms with Crippen LogP contribution < -0.4 is 15.2 Å². The van der Waals surface area contributed by atoms with Crippen LogP contribution in [0.2, 0.25) is 0 Å². The van der Waals surface area contributed by atoms with Gasteiger partial charge in [-0.15, -0.1) is 11.3 Å². The third kappa shape index (κ3) is 3.13. The SMILES string of the molecule is COc1cc(Br)c(C(N)c2ccc(Br)s2)cc1OC. The summed E-state index contributed by atoms with van der Waals surface area (Å²) in [4.78, 5) is 1.08. The van der Waals surface area contributed by atoms with E-state index in [-0.39, 0.29) is 6.04 Å². The van der Waals surface area contributed by atoms with Crippen molar-refractivity contribution in [2.45, 2.75) is 6.04 Å². The van der Waals surface area contributed by atoms with Crippen molar-refractivity contribution in [2.24, 2.45) is 5.73 Å². The van der Waals surface area contributed by atoms with Crippen LogP contribution in [-0.2, 0) is 0 Å². The summed E-state index contributed by atoms with van der Waals surface area (Å²) in [5, 5.41) is 0. The van der Waals surface area contributed by atoms with Crippen molar-refractivity contribution in [1.82, 2.24) is 0 Å². The lowest BCUT2D eigenvalue weighted by Gasteiger charge is -2.16. The minimum Gasteiger partial charge on any atom is -0.493 e. The van der Waals surface area contributed by atoms with Crippen LogP contribution in [0.5, 0.6) is 11.5 Å². The second kappa shape index (κ2) is 6.26. The molecule has 0 aliphatic rings. The van der Waals surface area contributed by atoms with E-state index in [2.05, 4.69) is 31.9 Å². The van der Waals surface area contributed by atoms with Crippen LogP contribution in [0, 0.1) is 0 Å². The maximum absolute atomic E-state index is 6.31. The zero-order valence-corrected chi connectivity index (χ0v) is 14.4. The van der Waals surface area contributed by atoms with Crippen molar-refractivity contribution in [3.63, 3.8) is 0 Å². The maximum atomic E-state index is 6.31. The third-order valence-corrected chi connectivity index (χ3v) is 5.13. The van der Waals surface area contributed by atoms with Gasteiger partial charge in [-0.1, -0.05) is 15.9 Å². The molecule has 2 N–H and O–H groups in total. The monoisotopic (exact) mass is 405 g/mol. The number of nitrogens with two attached hydrogens (primary N) is 1. The molecule has 0 aliphatic heterocycles. The van der Waals surface area contributed by atoms with Gasteiger partial charge in [0.15, 0.2) is 11.5 Å². The predicted octanol–water partition coefficient (Wildman–Crippen LogP) is 4.34. The molecule has 2 aromatic rings. The molecule has 0 spiro atoms. The second-order valence-electron chi connectivity index (χ2n) is 3.85. The normalized spacial score (nSPS) is 12.3. The standard InChI is InChI=1S/C13H13Br2NO2S/c1-17-9-5-7(8(14)6-10(9)18-2)13(16)11-3-4-12(15)19-11/h3-6,13H,16H2,1-2H3. The lowest BCUT2D eigenvalue weighted by molar-refractivity contribution is 0.354. The molecule has 0 saturated carbocycles. The quantitative estimate of drug-likeness (QED) is 0.821. The predicted molar refractivity (Wildman–Crippen MR) is 85.3 cm³/mol. The molecule has 6 heteroatoms. The average molecular weight is 407 g/mol. The first kappa shape index (κ1) is 14.8. The number of thiophene rings is 1. The van der Waals surface area contributed by atoms with Crippen molar-refractivity contribution in [2.75, 3.05) is 14.2 Å². The van der Waals surface area contributed by atoms with Gasteiger partial charge < -0.3 is 15.2 Å². The van der Waals surface area contributed by atoms with Crippen molar-refractivity contribution < 1.29 is 9.47 Å². The number of hydrogen-bond donors (Lipinski definition) is 1. The molecular formula is C13H13Br2NO2S. The smallest absolute Gasteiger partial charge is 0.161 e. The summed E-state index contributed by atoms with van der Waals surface area (Å²) in [6.07, 6.45) is 0. The Morgan fingerprint density at radius 2 is 1.74 bits per heavy atom. The molecule has 1 aromatic carbocycles. The van der Waals surface area contributed by atoms with E-state index in [1.807, 2.05) is 24.3 Å². The van der Waals surface area contributed by atoms with Crippen molar-refractivity contribution in [1.29, 1.82) is 0 Å². The Kier molecular flexibility index (Phi) is 4.89. The molecule has 0 fully saturated rings. The summed E-state index contributed by atoms with van der Waals surface area (Å²) < 4.78 is 12.5. The molecule has 2 rings (SSSR count). The number of hydrogen-bond acceptors (Lipinski definition) is 4. The zero-order valence-electron chi connectivity index (χ0n) is 10.4. The number of rotatable bonds is 4. The van der Waals surface area contributed by atoms with E-state index in [0.717, 1.165) is 18.7 Å². The lowest BCUT2D eigenvalue weighted by atomic mass is 10.1. The first-order chi connectivity index (χ1) is 9.06. The Hall–Kier alpha value is -0.560. The number of benzene rings is 1. The Morgan fingerprint density at radius 1 is 1.11 bits per heavy atom. The zero-order chi connectivity index (χ0) is 14.0. The summed E-state index contributed by atoms with van der Waals surface area (Å²) in [6.45, 7) is 0. The molecule has 1 aromatic heterocycles. The van der Waals surface area contributed by atoms with Crippen LogP contribution in [0.25, 0.3) is 0 Å². The Labute approximate surface area is 133 Å². The van der Waals surface area contributed by atoms with E-state index < -0.39 is 0 Å². The highest BCUT2D eigenvalue weighted by atomic mass is 79.9. The molecule has 0 aliphatic carbocycles. The van der Waals surface area contributed by atoms with Gasteiger partial charge in [-0.05, 0) is 45.8 Å². The van der Waals surface area contributed by atoms with Crippen LogP contribution in [-0.4, -0.2) is 14.2 Å². The van der Waals surface area contributed by atoms with Gasteiger partial charge in [0.25, 0.3) is 0 Å². The molecule has 0 amide bonds. The summed E-state index contributed by atoms with van der Waals surface area (Å²) in [6, 6.07) is 7.58. The Morgan fingerprint density at radius 3 is 2.26 bits per heavy atom. The molecule has 1 unspecified atom stereocenters. The van der Waals surface area contributed by atoms with E-state index in [9.17, 15) is 0 Å². The van der Waals surface area contributed by atoms with Gasteiger partial charge in [0.05, 0.1) is 24.0 Å². The summed E-state index contributed by atoms with van der Waals surface area (Å²) in [7, 11) is 3.23. The highest BCUT2D eigenvalue weighted by Crippen LogP contribution is 2.39. The summed E-state index contributed by atoms with van der Waals surface area (Å²) >= 11 is 8.60. The van der Waals surface area contributed by atoms with Gasteiger partial charge in [-0.2, -0.15) is 0 Å². The summed E-state index contributed by atoms with van der Waals surface area (Å²) in [5.74, 6) is 1.35. The van der Waals surface area contributed by atoms with Crippen molar-refractivity contribution in [3.05, 3.63) is 43.0 Å². The van der Waals surface area contributed by atoms with E-state index >= 15 is 0 Å². The third-order valence-electron chi connectivity index (χ3n) is 2.74. The molecule has 102 valence electrons. The molecule has 0 saturated heterocycles. The highest BCUT2D eigenvalue weighted by Gasteiger charge is 2.17. The number of methoxy groups -OCH3 is 2.